The minimum Gasteiger partial charge on any atom is -0.478 e. The second-order valence-electron chi connectivity index (χ2n) is 2.92. The Morgan fingerprint density at radius 1 is 1.50 bits per heavy atom. The van der Waals surface area contributed by atoms with Gasteiger partial charge in [0.25, 0.3) is 0 Å². The lowest BCUT2D eigenvalue weighted by molar-refractivity contribution is 0.0692. The van der Waals surface area contributed by atoms with E-state index >= 15 is 0 Å². The molecule has 0 aliphatic rings. The summed E-state index contributed by atoms with van der Waals surface area (Å²) in [6, 6.07) is 2.29. The molecule has 1 aromatic rings. The van der Waals surface area contributed by atoms with Crippen molar-refractivity contribution >= 4 is 33.7 Å². The van der Waals surface area contributed by atoms with Crippen molar-refractivity contribution in [2.45, 2.75) is 4.90 Å². The van der Waals surface area contributed by atoms with Crippen LogP contribution in [0.15, 0.2) is 23.6 Å². The molecule has 0 aliphatic carbocycles. The highest BCUT2D eigenvalue weighted by Gasteiger charge is 2.22. The molecule has 0 atom stereocenters. The molecular formula is C9H8ClNO4S. The van der Waals surface area contributed by atoms with Crippen LogP contribution in [0.2, 0.25) is 5.02 Å². The normalized spacial score (nSPS) is 11.1. The van der Waals surface area contributed by atoms with E-state index < -0.39 is 26.5 Å². The van der Waals surface area contributed by atoms with Crippen LogP contribution in [-0.2, 0) is 10.0 Å². The highest BCUT2D eigenvalue weighted by molar-refractivity contribution is 7.89. The molecule has 3 N–H and O–H groups in total. The summed E-state index contributed by atoms with van der Waals surface area (Å²) in [5.74, 6) is -1.41. The summed E-state index contributed by atoms with van der Waals surface area (Å²) in [7, 11) is -4.15. The van der Waals surface area contributed by atoms with E-state index in [1.54, 1.807) is 0 Å². The Morgan fingerprint density at radius 2 is 2.06 bits per heavy atom. The molecule has 7 heteroatoms. The fourth-order valence-corrected chi connectivity index (χ4v) is 2.29. The molecule has 16 heavy (non-hydrogen) atoms. The summed E-state index contributed by atoms with van der Waals surface area (Å²) in [6.45, 7) is 3.38. The van der Waals surface area contributed by atoms with Crippen LogP contribution in [0, 0.1) is 0 Å². The maximum atomic E-state index is 11.2. The van der Waals surface area contributed by atoms with Gasteiger partial charge in [-0.25, -0.2) is 18.4 Å². The predicted octanol–water partition coefficient (Wildman–Crippen LogP) is 1.33. The van der Waals surface area contributed by atoms with Gasteiger partial charge in [0.15, 0.2) is 0 Å². The number of nitrogens with two attached hydrogens (primary N) is 1. The molecule has 0 amide bonds. The second kappa shape index (κ2) is 4.25. The van der Waals surface area contributed by atoms with Gasteiger partial charge in [-0.3, -0.25) is 0 Å². The first kappa shape index (κ1) is 12.7. The number of carboxylic acids is 1. The third-order valence-corrected chi connectivity index (χ3v) is 2.99. The van der Waals surface area contributed by atoms with Crippen molar-refractivity contribution in [1.29, 1.82) is 0 Å². The van der Waals surface area contributed by atoms with Crippen molar-refractivity contribution in [2.75, 3.05) is 0 Å². The molecule has 0 fully saturated rings. The van der Waals surface area contributed by atoms with Gasteiger partial charge in [-0.15, -0.1) is 0 Å². The number of halogens is 1. The van der Waals surface area contributed by atoms with Crippen molar-refractivity contribution in [3.63, 3.8) is 0 Å². The van der Waals surface area contributed by atoms with Crippen molar-refractivity contribution < 1.29 is 18.3 Å². The summed E-state index contributed by atoms with van der Waals surface area (Å²) >= 11 is 5.65. The monoisotopic (exact) mass is 261 g/mol. The zero-order chi connectivity index (χ0) is 12.5. The van der Waals surface area contributed by atoms with E-state index in [-0.39, 0.29) is 10.6 Å². The van der Waals surface area contributed by atoms with Gasteiger partial charge >= 0.3 is 5.97 Å². The van der Waals surface area contributed by atoms with Gasteiger partial charge < -0.3 is 5.11 Å². The lowest BCUT2D eigenvalue weighted by Gasteiger charge is -2.08. The first-order valence-electron chi connectivity index (χ1n) is 3.99. The Labute approximate surface area is 97.2 Å². The molecule has 0 spiro atoms. The van der Waals surface area contributed by atoms with Crippen LogP contribution < -0.4 is 5.14 Å². The highest BCUT2D eigenvalue weighted by atomic mass is 35.5. The van der Waals surface area contributed by atoms with Crippen LogP contribution in [0.4, 0.5) is 0 Å². The number of carbonyl (C=O) groups is 1. The van der Waals surface area contributed by atoms with Gasteiger partial charge in [-0.2, -0.15) is 0 Å². The van der Waals surface area contributed by atoms with Crippen LogP contribution in [0.25, 0.3) is 6.08 Å². The number of sulfonamides is 1. The minimum atomic E-state index is -4.15. The first-order chi connectivity index (χ1) is 7.27. The molecular weight excluding hydrogens is 254 g/mol. The summed E-state index contributed by atoms with van der Waals surface area (Å²) in [4.78, 5) is 10.4. The molecule has 0 radical (unpaired) electrons. The van der Waals surface area contributed by atoms with Gasteiger partial charge in [0.05, 0.1) is 10.5 Å². The molecule has 86 valence electrons. The molecule has 0 saturated carbocycles. The fourth-order valence-electron chi connectivity index (χ4n) is 1.22. The molecule has 1 aromatic carbocycles. The van der Waals surface area contributed by atoms with Crippen molar-refractivity contribution in [3.05, 3.63) is 34.9 Å². The van der Waals surface area contributed by atoms with E-state index in [9.17, 15) is 13.2 Å². The maximum absolute atomic E-state index is 11.2. The standard InChI is InChI=1S/C9H8ClNO4S/c1-2-5-3-6(10)4-7(16(11,14)15)8(5)9(12)13/h2-4H,1H2,(H,12,13)(H2,11,14,15). The van der Waals surface area contributed by atoms with E-state index in [1.807, 2.05) is 0 Å². The number of aromatic carboxylic acids is 1. The average Bonchev–Trinajstić information content (AvgIpc) is 2.14. The lowest BCUT2D eigenvalue weighted by atomic mass is 10.1. The number of hydrogen-bond donors (Lipinski definition) is 2. The topological polar surface area (TPSA) is 97.5 Å². The van der Waals surface area contributed by atoms with Crippen LogP contribution in [0.1, 0.15) is 15.9 Å². The Balaban J connectivity index is 3.78. The van der Waals surface area contributed by atoms with Crippen LogP contribution in [-0.4, -0.2) is 19.5 Å². The molecule has 5 nitrogen and oxygen atoms in total. The molecule has 1 rings (SSSR count). The van der Waals surface area contributed by atoms with E-state index in [2.05, 4.69) is 6.58 Å². The summed E-state index contributed by atoms with van der Waals surface area (Å²) in [6.07, 6.45) is 1.20. The number of rotatable bonds is 3. The van der Waals surface area contributed by atoms with Gasteiger partial charge in [0, 0.05) is 5.02 Å². The Kier molecular flexibility index (Phi) is 3.37. The number of carboxylic acid groups (broad SMARTS) is 1. The highest BCUT2D eigenvalue weighted by Crippen LogP contribution is 2.25. The summed E-state index contributed by atoms with van der Waals surface area (Å²) in [5.41, 5.74) is -0.328. The molecule has 0 bridgehead atoms. The van der Waals surface area contributed by atoms with Gasteiger partial charge in [-0.05, 0) is 17.7 Å². The lowest BCUT2D eigenvalue weighted by Crippen LogP contribution is -2.17. The van der Waals surface area contributed by atoms with Crippen molar-refractivity contribution in [2.24, 2.45) is 5.14 Å². The first-order valence-corrected chi connectivity index (χ1v) is 5.92. The fraction of sp³-hybridized carbons (Fsp3) is 0. The van der Waals surface area contributed by atoms with Crippen LogP contribution in [0.3, 0.4) is 0 Å². The second-order valence-corrected chi connectivity index (χ2v) is 4.89. The van der Waals surface area contributed by atoms with Gasteiger partial charge in [-0.1, -0.05) is 24.3 Å². The molecule has 0 saturated heterocycles. The third kappa shape index (κ3) is 2.41. The Hall–Kier alpha value is -1.37. The molecule has 0 unspecified atom stereocenters. The smallest absolute Gasteiger partial charge is 0.337 e. The van der Waals surface area contributed by atoms with Crippen molar-refractivity contribution in [3.8, 4) is 0 Å². The van der Waals surface area contributed by atoms with Crippen LogP contribution >= 0.6 is 11.6 Å². The number of hydrogen-bond acceptors (Lipinski definition) is 3. The average molecular weight is 262 g/mol. The van der Waals surface area contributed by atoms with E-state index in [0.717, 1.165) is 6.07 Å². The Bertz CT molecular complexity index is 565. The summed E-state index contributed by atoms with van der Waals surface area (Å²) < 4.78 is 22.4. The van der Waals surface area contributed by atoms with E-state index in [4.69, 9.17) is 21.8 Å². The van der Waals surface area contributed by atoms with Crippen molar-refractivity contribution in [1.82, 2.24) is 0 Å². The minimum absolute atomic E-state index is 0.0731. The quantitative estimate of drug-likeness (QED) is 0.858. The largest absolute Gasteiger partial charge is 0.478 e. The van der Waals surface area contributed by atoms with E-state index in [1.165, 1.54) is 12.1 Å². The number of benzene rings is 1. The Morgan fingerprint density at radius 3 is 2.44 bits per heavy atom. The molecule has 0 heterocycles. The molecule has 0 aromatic heterocycles. The molecule has 0 aliphatic heterocycles. The number of primary sulfonamides is 1. The third-order valence-electron chi connectivity index (χ3n) is 1.84. The zero-order valence-electron chi connectivity index (χ0n) is 7.97. The zero-order valence-corrected chi connectivity index (χ0v) is 9.55. The van der Waals surface area contributed by atoms with Crippen LogP contribution in [0.5, 0.6) is 0 Å². The maximum Gasteiger partial charge on any atom is 0.337 e. The van der Waals surface area contributed by atoms with Gasteiger partial charge in [0.2, 0.25) is 10.0 Å². The van der Waals surface area contributed by atoms with Gasteiger partial charge in [0.1, 0.15) is 0 Å². The predicted molar refractivity (Wildman–Crippen MR) is 59.9 cm³/mol. The SMILES string of the molecule is C=Cc1cc(Cl)cc(S(N)(=O)=O)c1C(=O)O. The van der Waals surface area contributed by atoms with E-state index in [0.29, 0.717) is 0 Å². The summed E-state index contributed by atoms with van der Waals surface area (Å²) in [5, 5.41) is 13.9.